The molecule has 0 aromatic heterocycles. The van der Waals surface area contributed by atoms with E-state index >= 15 is 0 Å². The molecule has 0 saturated carbocycles. The molecule has 1 heterocycles. The number of nitrogens with two attached hydrogens (primary N) is 1. The van der Waals surface area contributed by atoms with Crippen LogP contribution in [0.15, 0.2) is 23.1 Å². The highest BCUT2D eigenvalue weighted by molar-refractivity contribution is 7.89. The van der Waals surface area contributed by atoms with E-state index in [1.807, 2.05) is 33.8 Å². The SMILES string of the molecule is Cc1ccc(S(=O)(=O)N2CCN(C(=O)[C@@H](N)C(C)C)CC2)cc1C. The molecular weight excluding hydrogens is 326 g/mol. The summed E-state index contributed by atoms with van der Waals surface area (Å²) >= 11 is 0. The van der Waals surface area contributed by atoms with Crippen LogP contribution >= 0.6 is 0 Å². The van der Waals surface area contributed by atoms with Crippen LogP contribution in [-0.4, -0.2) is 55.8 Å². The molecule has 1 aliphatic heterocycles. The molecule has 7 heteroatoms. The van der Waals surface area contributed by atoms with E-state index in [1.165, 1.54) is 4.31 Å². The molecule has 1 saturated heterocycles. The van der Waals surface area contributed by atoms with Crippen molar-refractivity contribution >= 4 is 15.9 Å². The lowest BCUT2D eigenvalue weighted by Gasteiger charge is -2.35. The predicted octanol–water partition coefficient (Wildman–Crippen LogP) is 1.12. The summed E-state index contributed by atoms with van der Waals surface area (Å²) in [6, 6.07) is 4.64. The molecule has 2 rings (SSSR count). The third kappa shape index (κ3) is 3.79. The van der Waals surface area contributed by atoms with Crippen molar-refractivity contribution in [1.29, 1.82) is 0 Å². The standard InChI is InChI=1S/C17H27N3O3S/c1-12(2)16(18)17(21)19-7-9-20(10-8-19)24(22,23)15-6-5-13(3)14(4)11-15/h5-6,11-12,16H,7-10,18H2,1-4H3/t16-/m0/s1. The van der Waals surface area contributed by atoms with Gasteiger partial charge in [-0.15, -0.1) is 0 Å². The molecule has 1 aromatic rings. The van der Waals surface area contributed by atoms with Gasteiger partial charge in [0.2, 0.25) is 15.9 Å². The van der Waals surface area contributed by atoms with Gasteiger partial charge in [-0.25, -0.2) is 8.42 Å². The second-order valence-corrected chi connectivity index (χ2v) is 8.68. The zero-order chi connectivity index (χ0) is 18.1. The molecule has 1 fully saturated rings. The van der Waals surface area contributed by atoms with Crippen molar-refractivity contribution in [3.05, 3.63) is 29.3 Å². The lowest BCUT2D eigenvalue weighted by Crippen LogP contribution is -2.55. The summed E-state index contributed by atoms with van der Waals surface area (Å²) in [5.41, 5.74) is 7.92. The predicted molar refractivity (Wildman–Crippen MR) is 94.1 cm³/mol. The first-order valence-corrected chi connectivity index (χ1v) is 9.70. The molecule has 134 valence electrons. The Morgan fingerprint density at radius 3 is 2.17 bits per heavy atom. The fourth-order valence-corrected chi connectivity index (χ4v) is 4.18. The molecule has 24 heavy (non-hydrogen) atoms. The lowest BCUT2D eigenvalue weighted by molar-refractivity contribution is -0.134. The van der Waals surface area contributed by atoms with Crippen LogP contribution in [0, 0.1) is 19.8 Å². The maximum Gasteiger partial charge on any atom is 0.243 e. The van der Waals surface area contributed by atoms with Crippen LogP contribution < -0.4 is 5.73 Å². The van der Waals surface area contributed by atoms with E-state index in [4.69, 9.17) is 5.73 Å². The van der Waals surface area contributed by atoms with E-state index in [0.29, 0.717) is 31.1 Å². The number of hydrogen-bond acceptors (Lipinski definition) is 4. The van der Waals surface area contributed by atoms with Crippen LogP contribution in [0.3, 0.4) is 0 Å². The van der Waals surface area contributed by atoms with Gasteiger partial charge in [0.25, 0.3) is 0 Å². The molecule has 1 atom stereocenters. The number of carbonyl (C=O) groups excluding carboxylic acids is 1. The molecule has 0 bridgehead atoms. The first-order valence-electron chi connectivity index (χ1n) is 8.26. The third-order valence-corrected chi connectivity index (χ3v) is 6.56. The van der Waals surface area contributed by atoms with Gasteiger partial charge in [-0.05, 0) is 43.0 Å². The van der Waals surface area contributed by atoms with Crippen molar-refractivity contribution in [1.82, 2.24) is 9.21 Å². The van der Waals surface area contributed by atoms with Gasteiger partial charge in [-0.3, -0.25) is 4.79 Å². The Hall–Kier alpha value is -1.44. The van der Waals surface area contributed by atoms with Crippen molar-refractivity contribution in [2.24, 2.45) is 11.7 Å². The van der Waals surface area contributed by atoms with Crippen LogP contribution in [0.5, 0.6) is 0 Å². The number of nitrogens with zero attached hydrogens (tertiary/aromatic N) is 2. The van der Waals surface area contributed by atoms with Crippen molar-refractivity contribution in [2.45, 2.75) is 38.6 Å². The highest BCUT2D eigenvalue weighted by Gasteiger charge is 2.32. The van der Waals surface area contributed by atoms with Crippen LogP contribution in [0.1, 0.15) is 25.0 Å². The Kier molecular flexibility index (Phi) is 5.67. The van der Waals surface area contributed by atoms with E-state index in [2.05, 4.69) is 0 Å². The number of aryl methyl sites for hydroxylation is 2. The molecule has 2 N–H and O–H groups in total. The monoisotopic (exact) mass is 353 g/mol. The summed E-state index contributed by atoms with van der Waals surface area (Å²) in [6.07, 6.45) is 0. The summed E-state index contributed by atoms with van der Waals surface area (Å²) in [6.45, 7) is 9.02. The molecule has 1 amide bonds. The van der Waals surface area contributed by atoms with E-state index in [0.717, 1.165) is 11.1 Å². The van der Waals surface area contributed by atoms with Crippen LogP contribution in [0.25, 0.3) is 0 Å². The Labute approximate surface area is 144 Å². The summed E-state index contributed by atoms with van der Waals surface area (Å²) in [5, 5.41) is 0. The second kappa shape index (κ2) is 7.21. The average Bonchev–Trinajstić information content (AvgIpc) is 2.55. The summed E-state index contributed by atoms with van der Waals surface area (Å²) in [5.74, 6) is -0.0389. The van der Waals surface area contributed by atoms with E-state index in [9.17, 15) is 13.2 Å². The minimum Gasteiger partial charge on any atom is -0.339 e. The number of carbonyl (C=O) groups is 1. The van der Waals surface area contributed by atoms with Crippen molar-refractivity contribution in [2.75, 3.05) is 26.2 Å². The van der Waals surface area contributed by atoms with Gasteiger partial charge in [0, 0.05) is 26.2 Å². The van der Waals surface area contributed by atoms with Gasteiger partial charge in [0.05, 0.1) is 10.9 Å². The molecule has 0 radical (unpaired) electrons. The molecular formula is C17H27N3O3S. The summed E-state index contributed by atoms with van der Waals surface area (Å²) < 4.78 is 27.0. The minimum absolute atomic E-state index is 0.0646. The quantitative estimate of drug-likeness (QED) is 0.879. The normalized spacial score (nSPS) is 18.0. The molecule has 0 spiro atoms. The van der Waals surface area contributed by atoms with Crippen LogP contribution in [0.2, 0.25) is 0 Å². The maximum atomic E-state index is 12.8. The van der Waals surface area contributed by atoms with Crippen molar-refractivity contribution < 1.29 is 13.2 Å². The van der Waals surface area contributed by atoms with Crippen LogP contribution in [-0.2, 0) is 14.8 Å². The number of piperazine rings is 1. The fourth-order valence-electron chi connectivity index (χ4n) is 2.67. The van der Waals surface area contributed by atoms with Gasteiger partial charge in [0.1, 0.15) is 0 Å². The highest BCUT2D eigenvalue weighted by Crippen LogP contribution is 2.20. The molecule has 0 unspecified atom stereocenters. The van der Waals surface area contributed by atoms with Crippen molar-refractivity contribution in [3.8, 4) is 0 Å². The molecule has 0 aliphatic carbocycles. The fraction of sp³-hybridized carbons (Fsp3) is 0.588. The van der Waals surface area contributed by atoms with Gasteiger partial charge in [0.15, 0.2) is 0 Å². The van der Waals surface area contributed by atoms with Crippen molar-refractivity contribution in [3.63, 3.8) is 0 Å². The number of amides is 1. The van der Waals surface area contributed by atoms with Gasteiger partial charge >= 0.3 is 0 Å². The number of benzene rings is 1. The first-order chi connectivity index (χ1) is 11.1. The molecule has 1 aliphatic rings. The largest absolute Gasteiger partial charge is 0.339 e. The zero-order valence-electron chi connectivity index (χ0n) is 14.8. The zero-order valence-corrected chi connectivity index (χ0v) is 15.6. The summed E-state index contributed by atoms with van der Waals surface area (Å²) in [4.78, 5) is 14.3. The first kappa shape index (κ1) is 18.9. The number of rotatable bonds is 4. The highest BCUT2D eigenvalue weighted by atomic mass is 32.2. The second-order valence-electron chi connectivity index (χ2n) is 6.75. The Morgan fingerprint density at radius 1 is 1.08 bits per heavy atom. The smallest absolute Gasteiger partial charge is 0.243 e. The number of sulfonamides is 1. The van der Waals surface area contributed by atoms with E-state index in [-0.39, 0.29) is 11.8 Å². The van der Waals surface area contributed by atoms with Gasteiger partial charge in [-0.2, -0.15) is 4.31 Å². The lowest BCUT2D eigenvalue weighted by atomic mass is 10.0. The Bertz CT molecular complexity index is 708. The minimum atomic E-state index is -3.52. The number of hydrogen-bond donors (Lipinski definition) is 1. The average molecular weight is 353 g/mol. The van der Waals surface area contributed by atoms with E-state index in [1.54, 1.807) is 17.0 Å². The molecule has 1 aromatic carbocycles. The Morgan fingerprint density at radius 2 is 1.67 bits per heavy atom. The van der Waals surface area contributed by atoms with E-state index < -0.39 is 16.1 Å². The van der Waals surface area contributed by atoms with Gasteiger partial charge < -0.3 is 10.6 Å². The third-order valence-electron chi connectivity index (χ3n) is 4.67. The van der Waals surface area contributed by atoms with Gasteiger partial charge in [-0.1, -0.05) is 19.9 Å². The Balaban J connectivity index is 2.08. The van der Waals surface area contributed by atoms with Crippen LogP contribution in [0.4, 0.5) is 0 Å². The summed E-state index contributed by atoms with van der Waals surface area (Å²) in [7, 11) is -3.52. The topological polar surface area (TPSA) is 83.7 Å². The maximum absolute atomic E-state index is 12.8. The molecule has 6 nitrogen and oxygen atoms in total.